The maximum Gasteiger partial charge on any atom is 0.249 e. The van der Waals surface area contributed by atoms with Crippen LogP contribution in [0.4, 0.5) is 5.82 Å². The molecular weight excluding hydrogens is 242 g/mol. The molecule has 1 aromatic carbocycles. The van der Waals surface area contributed by atoms with Crippen molar-refractivity contribution in [3.63, 3.8) is 0 Å². The van der Waals surface area contributed by atoms with E-state index in [0.29, 0.717) is 5.82 Å². The number of aromatic nitrogens is 2. The molecule has 2 N–H and O–H groups in total. The number of aromatic amines is 1. The van der Waals surface area contributed by atoms with Crippen LogP contribution in [0.15, 0.2) is 36.4 Å². The van der Waals surface area contributed by atoms with Gasteiger partial charge in [-0.25, -0.2) is 0 Å². The molecule has 0 unspecified atom stereocenters. The lowest BCUT2D eigenvalue weighted by molar-refractivity contribution is -0.111. The van der Waals surface area contributed by atoms with Crippen LogP contribution in [0.25, 0.3) is 6.08 Å². The summed E-state index contributed by atoms with van der Waals surface area (Å²) in [6, 6.07) is 9.24. The minimum Gasteiger partial charge on any atom is -0.496 e. The summed E-state index contributed by atoms with van der Waals surface area (Å²) in [6.45, 7) is 1.87. The van der Waals surface area contributed by atoms with Crippen molar-refractivity contribution >= 4 is 17.8 Å². The molecule has 1 aromatic heterocycles. The number of H-pyrrole nitrogens is 1. The van der Waals surface area contributed by atoms with Gasteiger partial charge in [-0.1, -0.05) is 18.2 Å². The lowest BCUT2D eigenvalue weighted by Crippen LogP contribution is -2.07. The normalized spacial score (nSPS) is 10.6. The van der Waals surface area contributed by atoms with Crippen LogP contribution in [-0.2, 0) is 4.79 Å². The molecular formula is C14H15N3O2. The molecule has 2 aromatic rings. The molecule has 0 saturated heterocycles. The Labute approximate surface area is 111 Å². The summed E-state index contributed by atoms with van der Waals surface area (Å²) in [5.74, 6) is 0.992. The lowest BCUT2D eigenvalue weighted by Gasteiger charge is -2.03. The summed E-state index contributed by atoms with van der Waals surface area (Å²) in [5.41, 5.74) is 1.74. The zero-order chi connectivity index (χ0) is 13.7. The molecule has 0 aliphatic rings. The number of para-hydroxylation sites is 1. The summed E-state index contributed by atoms with van der Waals surface area (Å²) in [7, 11) is 1.60. The minimum absolute atomic E-state index is 0.239. The number of anilines is 1. The first-order valence-electron chi connectivity index (χ1n) is 5.83. The molecule has 5 heteroatoms. The fraction of sp³-hybridized carbons (Fsp3) is 0.143. The van der Waals surface area contributed by atoms with Gasteiger partial charge in [0.15, 0.2) is 5.82 Å². The molecule has 19 heavy (non-hydrogen) atoms. The van der Waals surface area contributed by atoms with Gasteiger partial charge in [0.25, 0.3) is 0 Å². The quantitative estimate of drug-likeness (QED) is 0.826. The predicted octanol–water partition coefficient (Wildman–Crippen LogP) is 2.38. The maximum atomic E-state index is 11.7. The van der Waals surface area contributed by atoms with Crippen molar-refractivity contribution in [2.24, 2.45) is 0 Å². The molecule has 5 nitrogen and oxygen atoms in total. The van der Waals surface area contributed by atoms with Crippen molar-refractivity contribution in [1.82, 2.24) is 10.2 Å². The van der Waals surface area contributed by atoms with Gasteiger partial charge in [0, 0.05) is 23.4 Å². The highest BCUT2D eigenvalue weighted by molar-refractivity contribution is 6.01. The van der Waals surface area contributed by atoms with Crippen LogP contribution in [0.3, 0.4) is 0 Å². The number of carbonyl (C=O) groups excluding carboxylic acids is 1. The third kappa shape index (κ3) is 3.45. The van der Waals surface area contributed by atoms with Crippen LogP contribution in [-0.4, -0.2) is 23.2 Å². The summed E-state index contributed by atoms with van der Waals surface area (Å²) in [4.78, 5) is 11.7. The molecule has 0 atom stereocenters. The zero-order valence-electron chi connectivity index (χ0n) is 10.8. The Morgan fingerprint density at radius 3 is 2.89 bits per heavy atom. The standard InChI is InChI=1S/C14H15N3O2/c1-10-9-13(17-16-10)15-14(18)8-7-11-5-3-4-6-12(11)19-2/h3-9H,1-2H3,(H2,15,16,17,18). The number of carbonyl (C=O) groups is 1. The maximum absolute atomic E-state index is 11.7. The minimum atomic E-state index is -0.239. The van der Waals surface area contributed by atoms with Gasteiger partial charge in [-0.15, -0.1) is 0 Å². The van der Waals surface area contributed by atoms with E-state index in [-0.39, 0.29) is 5.91 Å². The molecule has 0 bridgehead atoms. The number of nitrogens with zero attached hydrogens (tertiary/aromatic N) is 1. The van der Waals surface area contributed by atoms with Gasteiger partial charge in [-0.3, -0.25) is 9.89 Å². The Balaban J connectivity index is 2.04. The monoisotopic (exact) mass is 257 g/mol. The highest BCUT2D eigenvalue weighted by atomic mass is 16.5. The first-order chi connectivity index (χ1) is 9.19. The van der Waals surface area contributed by atoms with Crippen LogP contribution < -0.4 is 10.1 Å². The van der Waals surface area contributed by atoms with Crippen molar-refractivity contribution < 1.29 is 9.53 Å². The van der Waals surface area contributed by atoms with Gasteiger partial charge in [0.1, 0.15) is 5.75 Å². The van der Waals surface area contributed by atoms with Gasteiger partial charge < -0.3 is 10.1 Å². The molecule has 0 aliphatic heterocycles. The Morgan fingerprint density at radius 2 is 2.21 bits per heavy atom. The second-order valence-electron chi connectivity index (χ2n) is 4.00. The second kappa shape index (κ2) is 5.86. The number of methoxy groups -OCH3 is 1. The molecule has 0 aliphatic carbocycles. The van der Waals surface area contributed by atoms with Gasteiger partial charge in [0.2, 0.25) is 5.91 Å². The number of nitrogens with one attached hydrogen (secondary N) is 2. The third-order valence-electron chi connectivity index (χ3n) is 2.51. The van der Waals surface area contributed by atoms with Crippen LogP contribution in [0.1, 0.15) is 11.3 Å². The second-order valence-corrected chi connectivity index (χ2v) is 4.00. The summed E-state index contributed by atoms with van der Waals surface area (Å²) in [6.07, 6.45) is 3.15. The summed E-state index contributed by atoms with van der Waals surface area (Å²) < 4.78 is 5.20. The van der Waals surface area contributed by atoms with Crippen molar-refractivity contribution in [2.45, 2.75) is 6.92 Å². The smallest absolute Gasteiger partial charge is 0.249 e. The number of rotatable bonds is 4. The molecule has 98 valence electrons. The Hall–Kier alpha value is -2.56. The molecule has 0 fully saturated rings. The topological polar surface area (TPSA) is 67.0 Å². The van der Waals surface area contributed by atoms with E-state index in [1.807, 2.05) is 31.2 Å². The van der Waals surface area contributed by atoms with E-state index >= 15 is 0 Å². The Bertz CT molecular complexity index is 602. The predicted molar refractivity (Wildman–Crippen MR) is 74.0 cm³/mol. The molecule has 0 saturated carbocycles. The van der Waals surface area contributed by atoms with Crippen molar-refractivity contribution in [3.8, 4) is 5.75 Å². The van der Waals surface area contributed by atoms with E-state index < -0.39 is 0 Å². The van der Waals surface area contributed by atoms with E-state index in [2.05, 4.69) is 15.5 Å². The van der Waals surface area contributed by atoms with Crippen molar-refractivity contribution in [3.05, 3.63) is 47.7 Å². The summed E-state index contributed by atoms with van der Waals surface area (Å²) >= 11 is 0. The van der Waals surface area contributed by atoms with Crippen molar-refractivity contribution in [2.75, 3.05) is 12.4 Å². The number of aryl methyl sites for hydroxylation is 1. The van der Waals surface area contributed by atoms with Gasteiger partial charge in [-0.05, 0) is 19.1 Å². The van der Waals surface area contributed by atoms with Crippen LogP contribution in [0.2, 0.25) is 0 Å². The first kappa shape index (κ1) is 12.9. The van der Waals surface area contributed by atoms with E-state index in [1.54, 1.807) is 19.3 Å². The van der Waals surface area contributed by atoms with Crippen LogP contribution in [0, 0.1) is 6.92 Å². The molecule has 1 amide bonds. The Kier molecular flexibility index (Phi) is 3.97. The average Bonchev–Trinajstić information content (AvgIpc) is 2.82. The third-order valence-corrected chi connectivity index (χ3v) is 2.51. The molecule has 2 rings (SSSR count). The summed E-state index contributed by atoms with van der Waals surface area (Å²) in [5, 5.41) is 9.35. The van der Waals surface area contributed by atoms with Gasteiger partial charge in [0.05, 0.1) is 7.11 Å². The number of hydrogen-bond donors (Lipinski definition) is 2. The molecule has 1 heterocycles. The van der Waals surface area contributed by atoms with Gasteiger partial charge >= 0.3 is 0 Å². The van der Waals surface area contributed by atoms with E-state index in [1.165, 1.54) is 6.08 Å². The number of benzene rings is 1. The number of ether oxygens (including phenoxy) is 1. The molecule has 0 spiro atoms. The molecule has 0 radical (unpaired) electrons. The van der Waals surface area contributed by atoms with E-state index in [0.717, 1.165) is 17.0 Å². The SMILES string of the molecule is COc1ccccc1C=CC(=O)Nc1cc(C)[nH]n1. The van der Waals surface area contributed by atoms with E-state index in [9.17, 15) is 4.79 Å². The fourth-order valence-corrected chi connectivity index (χ4v) is 1.62. The Morgan fingerprint density at radius 1 is 1.42 bits per heavy atom. The van der Waals surface area contributed by atoms with Crippen LogP contribution >= 0.6 is 0 Å². The average molecular weight is 257 g/mol. The lowest BCUT2D eigenvalue weighted by atomic mass is 10.2. The van der Waals surface area contributed by atoms with E-state index in [4.69, 9.17) is 4.74 Å². The largest absolute Gasteiger partial charge is 0.496 e. The fourth-order valence-electron chi connectivity index (χ4n) is 1.62. The number of amides is 1. The first-order valence-corrected chi connectivity index (χ1v) is 5.83. The number of hydrogen-bond acceptors (Lipinski definition) is 3. The highest BCUT2D eigenvalue weighted by Crippen LogP contribution is 2.18. The highest BCUT2D eigenvalue weighted by Gasteiger charge is 2.02. The van der Waals surface area contributed by atoms with Gasteiger partial charge in [-0.2, -0.15) is 5.10 Å². The van der Waals surface area contributed by atoms with Crippen molar-refractivity contribution in [1.29, 1.82) is 0 Å². The van der Waals surface area contributed by atoms with Crippen LogP contribution in [0.5, 0.6) is 5.75 Å². The zero-order valence-corrected chi connectivity index (χ0v) is 10.8.